The minimum atomic E-state index is -1.09. The van der Waals surface area contributed by atoms with Gasteiger partial charge in [-0.05, 0) is 55.8 Å². The lowest BCUT2D eigenvalue weighted by Crippen LogP contribution is -2.29. The number of aliphatic hydroxyl groups excluding tert-OH is 1. The molecule has 1 fully saturated rings. The zero-order chi connectivity index (χ0) is 23.0. The number of carbonyl (C=O) groups is 2. The molecule has 1 aliphatic rings. The van der Waals surface area contributed by atoms with Gasteiger partial charge in [0.25, 0.3) is 5.78 Å². The molecular weight excluding hydrogens is 419 g/mol. The lowest BCUT2D eigenvalue weighted by molar-refractivity contribution is -0.132. The van der Waals surface area contributed by atoms with Crippen molar-refractivity contribution in [3.05, 3.63) is 76.8 Å². The molecule has 0 radical (unpaired) electrons. The molecule has 0 spiro atoms. The average Bonchev–Trinajstić information content (AvgIpc) is 3.31. The number of hydrogen-bond acceptors (Lipinski definition) is 7. The van der Waals surface area contributed by atoms with Gasteiger partial charge in [0.2, 0.25) is 0 Å². The summed E-state index contributed by atoms with van der Waals surface area (Å²) in [4.78, 5) is 27.1. The van der Waals surface area contributed by atoms with Crippen molar-refractivity contribution in [2.24, 2.45) is 0 Å². The van der Waals surface area contributed by atoms with Crippen LogP contribution in [0.15, 0.2) is 58.6 Å². The molecule has 1 aromatic heterocycles. The Morgan fingerprint density at radius 2 is 1.91 bits per heavy atom. The van der Waals surface area contributed by atoms with E-state index in [1.54, 1.807) is 13.8 Å². The van der Waals surface area contributed by atoms with Crippen LogP contribution in [-0.4, -0.2) is 33.7 Å². The highest BCUT2D eigenvalue weighted by molar-refractivity contribution is 6.51. The van der Waals surface area contributed by atoms with Crippen molar-refractivity contribution in [2.45, 2.75) is 19.9 Å². The SMILES string of the molecule is CCOc1cc(C2C(=C(O)c3ccc(F)cc3)C(=O)C(=O)N2c2cc(C)on2)ccc1O. The fraction of sp³-hybridized carbons (Fsp3) is 0.174. The number of Topliss-reactive ketones (excluding diaryl/α,β-unsaturated/α-hetero) is 1. The van der Waals surface area contributed by atoms with E-state index in [1.807, 2.05) is 0 Å². The van der Waals surface area contributed by atoms with Gasteiger partial charge in [-0.3, -0.25) is 14.5 Å². The normalized spacial score (nSPS) is 17.7. The maximum Gasteiger partial charge on any atom is 0.301 e. The number of halogens is 1. The molecule has 2 heterocycles. The highest BCUT2D eigenvalue weighted by Crippen LogP contribution is 2.43. The first-order chi connectivity index (χ1) is 15.3. The van der Waals surface area contributed by atoms with Gasteiger partial charge in [0.15, 0.2) is 17.3 Å². The molecule has 1 aliphatic heterocycles. The molecule has 32 heavy (non-hydrogen) atoms. The van der Waals surface area contributed by atoms with Gasteiger partial charge >= 0.3 is 5.91 Å². The number of hydrogen-bond donors (Lipinski definition) is 2. The third-order valence-electron chi connectivity index (χ3n) is 5.02. The second kappa shape index (κ2) is 8.18. The fourth-order valence-electron chi connectivity index (χ4n) is 3.59. The summed E-state index contributed by atoms with van der Waals surface area (Å²) in [6.45, 7) is 3.65. The molecule has 2 N–H and O–H groups in total. The van der Waals surface area contributed by atoms with E-state index in [0.29, 0.717) is 11.3 Å². The molecule has 164 valence electrons. The van der Waals surface area contributed by atoms with Crippen molar-refractivity contribution >= 4 is 23.3 Å². The first-order valence-corrected chi connectivity index (χ1v) is 9.77. The molecule has 4 rings (SSSR count). The molecule has 2 aromatic carbocycles. The Kier molecular flexibility index (Phi) is 5.40. The van der Waals surface area contributed by atoms with Crippen molar-refractivity contribution < 1.29 is 33.5 Å². The van der Waals surface area contributed by atoms with E-state index in [-0.39, 0.29) is 35.1 Å². The molecule has 1 amide bonds. The van der Waals surface area contributed by atoms with Crippen LogP contribution in [0.2, 0.25) is 0 Å². The van der Waals surface area contributed by atoms with Gasteiger partial charge in [-0.25, -0.2) is 4.39 Å². The molecule has 3 aromatic rings. The number of anilines is 1. The molecule has 0 saturated carbocycles. The smallest absolute Gasteiger partial charge is 0.301 e. The third kappa shape index (κ3) is 3.58. The van der Waals surface area contributed by atoms with Gasteiger partial charge in [-0.1, -0.05) is 11.2 Å². The summed E-state index contributed by atoms with van der Waals surface area (Å²) >= 11 is 0. The quantitative estimate of drug-likeness (QED) is 0.353. The van der Waals surface area contributed by atoms with Gasteiger partial charge < -0.3 is 19.5 Å². The van der Waals surface area contributed by atoms with E-state index in [1.165, 1.54) is 36.4 Å². The minimum absolute atomic E-state index is 0.0822. The van der Waals surface area contributed by atoms with Gasteiger partial charge in [0, 0.05) is 11.6 Å². The molecular formula is C23H19FN2O6. The lowest BCUT2D eigenvalue weighted by atomic mass is 9.95. The predicted molar refractivity (Wildman–Crippen MR) is 112 cm³/mol. The predicted octanol–water partition coefficient (Wildman–Crippen LogP) is 3.85. The summed E-state index contributed by atoms with van der Waals surface area (Å²) in [5, 5.41) is 24.9. The highest BCUT2D eigenvalue weighted by Gasteiger charge is 2.48. The van der Waals surface area contributed by atoms with Crippen LogP contribution in [0.25, 0.3) is 5.76 Å². The Labute approximate surface area is 182 Å². The number of phenols is 1. The molecule has 8 nitrogen and oxygen atoms in total. The van der Waals surface area contributed by atoms with Gasteiger partial charge in [0.1, 0.15) is 17.3 Å². The summed E-state index contributed by atoms with van der Waals surface area (Å²) < 4.78 is 23.9. The van der Waals surface area contributed by atoms with Crippen molar-refractivity contribution in [3.63, 3.8) is 0 Å². The second-order valence-corrected chi connectivity index (χ2v) is 7.13. The summed E-state index contributed by atoms with van der Waals surface area (Å²) in [5.41, 5.74) is 0.333. The molecule has 1 unspecified atom stereocenters. The van der Waals surface area contributed by atoms with E-state index >= 15 is 0 Å². The Morgan fingerprint density at radius 3 is 2.53 bits per heavy atom. The molecule has 1 atom stereocenters. The number of aryl methyl sites for hydroxylation is 1. The van der Waals surface area contributed by atoms with Gasteiger partial charge in [0.05, 0.1) is 18.2 Å². The monoisotopic (exact) mass is 438 g/mol. The fourth-order valence-corrected chi connectivity index (χ4v) is 3.59. The number of ether oxygens (including phenoxy) is 1. The first kappa shape index (κ1) is 21.1. The number of rotatable bonds is 5. The maximum absolute atomic E-state index is 13.4. The summed E-state index contributed by atoms with van der Waals surface area (Å²) in [5.74, 6) is -2.32. The second-order valence-electron chi connectivity index (χ2n) is 7.13. The van der Waals surface area contributed by atoms with Crippen LogP contribution in [0.3, 0.4) is 0 Å². The van der Waals surface area contributed by atoms with Crippen molar-refractivity contribution in [3.8, 4) is 11.5 Å². The maximum atomic E-state index is 13.4. The first-order valence-electron chi connectivity index (χ1n) is 9.77. The van der Waals surface area contributed by atoms with Crippen LogP contribution in [0.5, 0.6) is 11.5 Å². The van der Waals surface area contributed by atoms with E-state index in [0.717, 1.165) is 17.0 Å². The number of amides is 1. The number of phenolic OH excluding ortho intramolecular Hbond substituents is 1. The van der Waals surface area contributed by atoms with Crippen LogP contribution in [0, 0.1) is 12.7 Å². The minimum Gasteiger partial charge on any atom is -0.507 e. The van der Waals surface area contributed by atoms with Crippen LogP contribution >= 0.6 is 0 Å². The van der Waals surface area contributed by atoms with Crippen LogP contribution < -0.4 is 9.64 Å². The average molecular weight is 438 g/mol. The van der Waals surface area contributed by atoms with E-state index in [2.05, 4.69) is 5.16 Å². The molecule has 9 heteroatoms. The number of ketones is 1. The topological polar surface area (TPSA) is 113 Å². The number of nitrogens with zero attached hydrogens (tertiary/aromatic N) is 2. The third-order valence-corrected chi connectivity index (χ3v) is 5.02. The summed E-state index contributed by atoms with van der Waals surface area (Å²) in [6, 6.07) is 9.62. The van der Waals surface area contributed by atoms with Gasteiger partial charge in [-0.2, -0.15) is 0 Å². The van der Waals surface area contributed by atoms with Crippen LogP contribution in [0.1, 0.15) is 29.9 Å². The number of aromatic nitrogens is 1. The van der Waals surface area contributed by atoms with Crippen molar-refractivity contribution in [1.82, 2.24) is 5.16 Å². The Balaban J connectivity index is 1.94. The summed E-state index contributed by atoms with van der Waals surface area (Å²) in [6.07, 6.45) is 0. The zero-order valence-corrected chi connectivity index (χ0v) is 17.2. The number of benzene rings is 2. The number of aromatic hydroxyl groups is 1. The lowest BCUT2D eigenvalue weighted by Gasteiger charge is -2.23. The summed E-state index contributed by atoms with van der Waals surface area (Å²) in [7, 11) is 0. The Morgan fingerprint density at radius 1 is 1.19 bits per heavy atom. The van der Waals surface area contributed by atoms with Crippen molar-refractivity contribution in [1.29, 1.82) is 0 Å². The van der Waals surface area contributed by atoms with Crippen molar-refractivity contribution in [2.75, 3.05) is 11.5 Å². The highest BCUT2D eigenvalue weighted by atomic mass is 19.1. The Hall–Kier alpha value is -4.14. The largest absolute Gasteiger partial charge is 0.507 e. The molecule has 0 bridgehead atoms. The van der Waals surface area contributed by atoms with Crippen LogP contribution in [0.4, 0.5) is 10.2 Å². The van der Waals surface area contributed by atoms with E-state index < -0.39 is 29.3 Å². The van der Waals surface area contributed by atoms with Crippen LogP contribution in [-0.2, 0) is 9.59 Å². The zero-order valence-electron chi connectivity index (χ0n) is 17.2. The van der Waals surface area contributed by atoms with E-state index in [9.17, 15) is 24.2 Å². The molecule has 0 aliphatic carbocycles. The number of carbonyl (C=O) groups excluding carboxylic acids is 2. The number of aliphatic hydroxyl groups is 1. The van der Waals surface area contributed by atoms with Gasteiger partial charge in [-0.15, -0.1) is 0 Å². The Bertz CT molecular complexity index is 1230. The molecule has 1 saturated heterocycles. The standard InChI is InChI=1S/C23H19FN2O6/c1-3-31-17-11-14(6-9-16(17)27)20-19(21(28)13-4-7-15(24)8-5-13)22(29)23(30)26(20)18-10-12(2)32-25-18/h4-11,20,27-28H,3H2,1-2H3. The van der Waals surface area contributed by atoms with E-state index in [4.69, 9.17) is 9.26 Å².